The Balaban J connectivity index is 2.23. The summed E-state index contributed by atoms with van der Waals surface area (Å²) >= 11 is 1.23. The Labute approximate surface area is 128 Å². The van der Waals surface area contributed by atoms with Crippen molar-refractivity contribution in [3.63, 3.8) is 0 Å². The van der Waals surface area contributed by atoms with E-state index in [1.54, 1.807) is 0 Å². The normalized spacial score (nSPS) is 10.9. The van der Waals surface area contributed by atoms with Gasteiger partial charge < -0.3 is 9.84 Å². The average molecular weight is 305 g/mol. The molecular weight excluding hydrogens is 286 g/mol. The van der Waals surface area contributed by atoms with E-state index < -0.39 is 5.97 Å². The minimum atomic E-state index is -0.945. The van der Waals surface area contributed by atoms with Crippen LogP contribution < -0.4 is 4.74 Å². The van der Waals surface area contributed by atoms with E-state index in [9.17, 15) is 9.90 Å². The molecule has 0 saturated carbocycles. The Morgan fingerprint density at radius 2 is 2.10 bits per heavy atom. The Bertz CT molecular complexity index is 662. The molecule has 0 aliphatic heterocycles. The number of carboxylic acids is 1. The summed E-state index contributed by atoms with van der Waals surface area (Å²) in [5.41, 5.74) is 2.71. The number of aromatic nitrogens is 1. The molecule has 1 heterocycles. The number of hydrogen-bond acceptors (Lipinski definition) is 4. The fraction of sp³-hybridized carbons (Fsp3) is 0.375. The Morgan fingerprint density at radius 1 is 1.38 bits per heavy atom. The number of aromatic carboxylic acids is 1. The maximum absolute atomic E-state index is 11.3. The third-order valence-corrected chi connectivity index (χ3v) is 4.71. The van der Waals surface area contributed by atoms with E-state index in [0.717, 1.165) is 21.9 Å². The predicted molar refractivity (Wildman–Crippen MR) is 83.4 cm³/mol. The van der Waals surface area contributed by atoms with Gasteiger partial charge in [-0.2, -0.15) is 0 Å². The summed E-state index contributed by atoms with van der Waals surface area (Å²) in [6, 6.07) is 5.83. The summed E-state index contributed by atoms with van der Waals surface area (Å²) in [6.45, 7) is 8.18. The lowest BCUT2D eigenvalue weighted by Crippen LogP contribution is -2.04. The van der Waals surface area contributed by atoms with Gasteiger partial charge in [0.15, 0.2) is 0 Å². The Hall–Kier alpha value is -1.88. The fourth-order valence-electron chi connectivity index (χ4n) is 1.91. The van der Waals surface area contributed by atoms with Gasteiger partial charge in [-0.1, -0.05) is 26.0 Å². The molecule has 0 fully saturated rings. The van der Waals surface area contributed by atoms with Gasteiger partial charge in [0.25, 0.3) is 0 Å². The van der Waals surface area contributed by atoms with Gasteiger partial charge in [0.2, 0.25) is 0 Å². The second kappa shape index (κ2) is 6.26. The highest BCUT2D eigenvalue weighted by Gasteiger charge is 2.19. The molecule has 0 radical (unpaired) electrons. The van der Waals surface area contributed by atoms with Crippen molar-refractivity contribution < 1.29 is 14.6 Å². The van der Waals surface area contributed by atoms with Crippen LogP contribution in [0.2, 0.25) is 0 Å². The van der Waals surface area contributed by atoms with E-state index in [1.165, 1.54) is 11.3 Å². The molecule has 0 unspecified atom stereocenters. The monoisotopic (exact) mass is 305 g/mol. The summed E-state index contributed by atoms with van der Waals surface area (Å²) in [4.78, 5) is 16.0. The number of benzene rings is 1. The summed E-state index contributed by atoms with van der Waals surface area (Å²) in [5, 5.41) is 10.1. The van der Waals surface area contributed by atoms with Gasteiger partial charge >= 0.3 is 5.97 Å². The number of thiazole rings is 1. The zero-order valence-corrected chi connectivity index (χ0v) is 13.5. The summed E-state index contributed by atoms with van der Waals surface area (Å²) in [6.07, 6.45) is 0. The molecule has 0 bridgehead atoms. The van der Waals surface area contributed by atoms with E-state index in [1.807, 2.05) is 45.9 Å². The molecule has 2 aromatic rings. The van der Waals surface area contributed by atoms with Crippen LogP contribution in [0.3, 0.4) is 0 Å². The van der Waals surface area contributed by atoms with Crippen molar-refractivity contribution in [2.45, 2.75) is 40.2 Å². The molecule has 5 heteroatoms. The van der Waals surface area contributed by atoms with Crippen LogP contribution in [-0.4, -0.2) is 16.1 Å². The van der Waals surface area contributed by atoms with Crippen molar-refractivity contribution in [1.29, 1.82) is 0 Å². The van der Waals surface area contributed by atoms with E-state index in [2.05, 4.69) is 4.98 Å². The number of nitrogens with zero attached hydrogens (tertiary/aromatic N) is 1. The molecule has 0 amide bonds. The minimum Gasteiger partial charge on any atom is -0.487 e. The highest BCUT2D eigenvalue weighted by atomic mass is 32.1. The fourth-order valence-corrected chi connectivity index (χ4v) is 2.82. The van der Waals surface area contributed by atoms with Crippen LogP contribution in [0, 0.1) is 13.8 Å². The molecule has 1 aromatic carbocycles. The standard InChI is InChI=1S/C16H19NO3S/c1-9(2)15-17-12(14(21-15)16(18)19)8-20-13-7-5-6-10(3)11(13)4/h5-7,9H,8H2,1-4H3,(H,18,19). The largest absolute Gasteiger partial charge is 0.487 e. The van der Waals surface area contributed by atoms with Gasteiger partial charge in [0.1, 0.15) is 22.9 Å². The lowest BCUT2D eigenvalue weighted by molar-refractivity contribution is 0.0699. The van der Waals surface area contributed by atoms with E-state index in [-0.39, 0.29) is 17.4 Å². The van der Waals surface area contributed by atoms with Gasteiger partial charge in [0, 0.05) is 5.92 Å². The van der Waals surface area contributed by atoms with Crippen molar-refractivity contribution in [3.8, 4) is 5.75 Å². The van der Waals surface area contributed by atoms with Crippen LogP contribution in [0.1, 0.15) is 51.3 Å². The maximum atomic E-state index is 11.3. The first-order valence-electron chi connectivity index (χ1n) is 6.82. The van der Waals surface area contributed by atoms with Crippen LogP contribution in [0.15, 0.2) is 18.2 Å². The van der Waals surface area contributed by atoms with E-state index in [4.69, 9.17) is 4.74 Å². The number of ether oxygens (including phenoxy) is 1. The first-order valence-corrected chi connectivity index (χ1v) is 7.63. The molecule has 1 N–H and O–H groups in total. The van der Waals surface area contributed by atoms with Gasteiger partial charge in [-0.3, -0.25) is 0 Å². The minimum absolute atomic E-state index is 0.176. The SMILES string of the molecule is Cc1cccc(OCc2nc(C(C)C)sc2C(=O)O)c1C. The van der Waals surface area contributed by atoms with Crippen LogP contribution in [-0.2, 0) is 6.61 Å². The molecule has 0 spiro atoms. The number of hydrogen-bond donors (Lipinski definition) is 1. The third kappa shape index (κ3) is 3.42. The first kappa shape index (κ1) is 15.5. The van der Waals surface area contributed by atoms with Crippen molar-refractivity contribution in [2.24, 2.45) is 0 Å². The molecule has 0 saturated heterocycles. The van der Waals surface area contributed by atoms with Crippen LogP contribution in [0.25, 0.3) is 0 Å². The van der Waals surface area contributed by atoms with Crippen molar-refractivity contribution in [3.05, 3.63) is 44.9 Å². The number of carboxylic acid groups (broad SMARTS) is 1. The molecule has 0 atom stereocenters. The van der Waals surface area contributed by atoms with Gasteiger partial charge in [-0.25, -0.2) is 9.78 Å². The topological polar surface area (TPSA) is 59.4 Å². The average Bonchev–Trinajstić information content (AvgIpc) is 2.85. The van der Waals surface area contributed by atoms with Crippen LogP contribution in [0.4, 0.5) is 0 Å². The smallest absolute Gasteiger partial charge is 0.347 e. The highest BCUT2D eigenvalue weighted by molar-refractivity contribution is 7.13. The highest BCUT2D eigenvalue weighted by Crippen LogP contribution is 2.27. The van der Waals surface area contributed by atoms with E-state index >= 15 is 0 Å². The lowest BCUT2D eigenvalue weighted by Gasteiger charge is -2.10. The lowest BCUT2D eigenvalue weighted by atomic mass is 10.1. The zero-order valence-electron chi connectivity index (χ0n) is 12.6. The molecule has 21 heavy (non-hydrogen) atoms. The molecule has 4 nitrogen and oxygen atoms in total. The van der Waals surface area contributed by atoms with Gasteiger partial charge in [-0.05, 0) is 31.0 Å². The van der Waals surface area contributed by atoms with E-state index in [0.29, 0.717) is 5.69 Å². The summed E-state index contributed by atoms with van der Waals surface area (Å²) in [7, 11) is 0. The van der Waals surface area contributed by atoms with Crippen LogP contribution in [0.5, 0.6) is 5.75 Å². The number of carbonyl (C=O) groups is 1. The van der Waals surface area contributed by atoms with Crippen LogP contribution >= 0.6 is 11.3 Å². The van der Waals surface area contributed by atoms with Crippen molar-refractivity contribution >= 4 is 17.3 Å². The maximum Gasteiger partial charge on any atom is 0.347 e. The second-order valence-electron chi connectivity index (χ2n) is 5.27. The number of aryl methyl sites for hydroxylation is 1. The third-order valence-electron chi connectivity index (χ3n) is 3.32. The first-order chi connectivity index (χ1) is 9.90. The zero-order chi connectivity index (χ0) is 15.6. The Kier molecular flexibility index (Phi) is 4.63. The molecule has 0 aliphatic rings. The number of rotatable bonds is 5. The predicted octanol–water partition coefficient (Wildman–Crippen LogP) is 4.16. The summed E-state index contributed by atoms with van der Waals surface area (Å²) < 4.78 is 5.77. The quantitative estimate of drug-likeness (QED) is 0.901. The molecule has 1 aromatic heterocycles. The molecule has 112 valence electrons. The van der Waals surface area contributed by atoms with Crippen molar-refractivity contribution in [2.75, 3.05) is 0 Å². The second-order valence-corrected chi connectivity index (χ2v) is 6.31. The van der Waals surface area contributed by atoms with Crippen molar-refractivity contribution in [1.82, 2.24) is 4.98 Å². The summed E-state index contributed by atoms with van der Waals surface area (Å²) in [5.74, 6) is 0.0342. The molecule has 0 aliphatic carbocycles. The molecule has 2 rings (SSSR count). The Morgan fingerprint density at radius 3 is 2.71 bits per heavy atom. The molecular formula is C16H19NO3S. The van der Waals surface area contributed by atoms with Gasteiger partial charge in [0.05, 0.1) is 5.01 Å². The van der Waals surface area contributed by atoms with Gasteiger partial charge in [-0.15, -0.1) is 11.3 Å².